The van der Waals surface area contributed by atoms with Gasteiger partial charge < -0.3 is 10.1 Å². The molecule has 136 valence electrons. The van der Waals surface area contributed by atoms with Gasteiger partial charge in [0.05, 0.1) is 25.0 Å². The lowest BCUT2D eigenvalue weighted by atomic mass is 10.2. The molecule has 9 heteroatoms. The second kappa shape index (κ2) is 7.29. The molecule has 1 amide bonds. The molecule has 0 aliphatic carbocycles. The van der Waals surface area contributed by atoms with Crippen molar-refractivity contribution in [3.63, 3.8) is 0 Å². The van der Waals surface area contributed by atoms with Crippen molar-refractivity contribution in [3.8, 4) is 16.2 Å². The summed E-state index contributed by atoms with van der Waals surface area (Å²) in [7, 11) is 1.54. The largest absolute Gasteiger partial charge is 0.495 e. The quantitative estimate of drug-likeness (QED) is 0.558. The third-order valence-corrected chi connectivity index (χ3v) is 5.69. The molecule has 0 saturated carbocycles. The average Bonchev–Trinajstić information content (AvgIpc) is 3.34. The van der Waals surface area contributed by atoms with Crippen LogP contribution in [0.3, 0.4) is 0 Å². The zero-order valence-electron chi connectivity index (χ0n) is 14.2. The Labute approximate surface area is 161 Å². The molecule has 27 heavy (non-hydrogen) atoms. The van der Waals surface area contributed by atoms with Gasteiger partial charge in [0.25, 0.3) is 5.56 Å². The van der Waals surface area contributed by atoms with Crippen molar-refractivity contribution in [2.24, 2.45) is 0 Å². The van der Waals surface area contributed by atoms with Gasteiger partial charge >= 0.3 is 0 Å². The van der Waals surface area contributed by atoms with Gasteiger partial charge in [0, 0.05) is 15.8 Å². The Morgan fingerprint density at radius 1 is 1.26 bits per heavy atom. The predicted octanol–water partition coefficient (Wildman–Crippen LogP) is 3.23. The van der Waals surface area contributed by atoms with E-state index in [4.69, 9.17) is 4.74 Å². The van der Waals surface area contributed by atoms with E-state index in [9.17, 15) is 9.59 Å². The molecule has 4 aromatic heterocycles. The van der Waals surface area contributed by atoms with Gasteiger partial charge in [0.2, 0.25) is 5.91 Å². The van der Waals surface area contributed by atoms with E-state index in [1.807, 2.05) is 22.9 Å². The van der Waals surface area contributed by atoms with Crippen LogP contribution in [0.4, 0.5) is 5.82 Å². The summed E-state index contributed by atoms with van der Waals surface area (Å²) in [6.07, 6.45) is 2.91. The van der Waals surface area contributed by atoms with Crippen LogP contribution in [0.2, 0.25) is 0 Å². The van der Waals surface area contributed by atoms with E-state index in [2.05, 4.69) is 15.3 Å². The fraction of sp³-hybridized carbons (Fsp3) is 0.111. The van der Waals surface area contributed by atoms with Gasteiger partial charge in [-0.3, -0.25) is 14.2 Å². The van der Waals surface area contributed by atoms with E-state index in [0.29, 0.717) is 21.8 Å². The molecule has 0 aromatic carbocycles. The minimum absolute atomic E-state index is 0.144. The van der Waals surface area contributed by atoms with E-state index in [1.54, 1.807) is 30.6 Å². The molecule has 4 heterocycles. The lowest BCUT2D eigenvalue weighted by Crippen LogP contribution is -2.28. The molecule has 0 atom stereocenters. The number of hydrogen-bond acceptors (Lipinski definition) is 7. The Morgan fingerprint density at radius 2 is 2.15 bits per heavy atom. The highest BCUT2D eigenvalue weighted by molar-refractivity contribution is 7.18. The van der Waals surface area contributed by atoms with Gasteiger partial charge in [0.1, 0.15) is 22.9 Å². The van der Waals surface area contributed by atoms with Crippen LogP contribution in [0.25, 0.3) is 20.7 Å². The molecule has 4 aromatic rings. The molecule has 7 nitrogen and oxygen atoms in total. The standard InChI is InChI=1S/C18H14N4O3S2/c1-25-11-4-5-14(19-7-11)21-15(23)8-22-10-20-17-16(18(22)24)12(9-27-17)13-3-2-6-26-13/h2-7,9-10H,8H2,1H3,(H,19,21,23). The van der Waals surface area contributed by atoms with E-state index >= 15 is 0 Å². The fourth-order valence-corrected chi connectivity index (χ4v) is 4.33. The minimum Gasteiger partial charge on any atom is -0.495 e. The number of hydrogen-bond donors (Lipinski definition) is 1. The van der Waals surface area contributed by atoms with Crippen LogP contribution in [0.15, 0.2) is 52.3 Å². The Morgan fingerprint density at radius 3 is 2.85 bits per heavy atom. The van der Waals surface area contributed by atoms with Gasteiger partial charge in [-0.2, -0.15) is 0 Å². The van der Waals surface area contributed by atoms with Crippen molar-refractivity contribution in [2.75, 3.05) is 12.4 Å². The first-order valence-electron chi connectivity index (χ1n) is 7.96. The number of carbonyl (C=O) groups excluding carboxylic acids is 1. The fourth-order valence-electron chi connectivity index (χ4n) is 2.61. The number of fused-ring (bicyclic) bond motifs is 1. The topological polar surface area (TPSA) is 86.1 Å². The highest BCUT2D eigenvalue weighted by atomic mass is 32.1. The first-order valence-corrected chi connectivity index (χ1v) is 9.72. The first kappa shape index (κ1) is 17.4. The monoisotopic (exact) mass is 398 g/mol. The Hall–Kier alpha value is -3.04. The summed E-state index contributed by atoms with van der Waals surface area (Å²) in [6, 6.07) is 7.23. The zero-order valence-corrected chi connectivity index (χ0v) is 15.8. The highest BCUT2D eigenvalue weighted by Gasteiger charge is 2.15. The lowest BCUT2D eigenvalue weighted by molar-refractivity contribution is -0.116. The van der Waals surface area contributed by atoms with Crippen molar-refractivity contribution in [3.05, 3.63) is 57.9 Å². The number of rotatable bonds is 5. The lowest BCUT2D eigenvalue weighted by Gasteiger charge is -2.07. The molecule has 1 N–H and O–H groups in total. The summed E-state index contributed by atoms with van der Waals surface area (Å²) in [5.41, 5.74) is 0.622. The van der Waals surface area contributed by atoms with Crippen LogP contribution < -0.4 is 15.6 Å². The zero-order chi connectivity index (χ0) is 18.8. The molecule has 0 bridgehead atoms. The van der Waals surface area contributed by atoms with Crippen molar-refractivity contribution < 1.29 is 9.53 Å². The average molecular weight is 398 g/mol. The molecule has 0 aliphatic rings. The van der Waals surface area contributed by atoms with Crippen molar-refractivity contribution in [1.82, 2.24) is 14.5 Å². The second-order valence-electron chi connectivity index (χ2n) is 5.62. The summed E-state index contributed by atoms with van der Waals surface area (Å²) in [5, 5.41) is 7.10. The number of thiophene rings is 2. The number of pyridine rings is 1. The summed E-state index contributed by atoms with van der Waals surface area (Å²) >= 11 is 2.98. The van der Waals surface area contributed by atoms with E-state index in [-0.39, 0.29) is 18.0 Å². The van der Waals surface area contributed by atoms with Crippen LogP contribution >= 0.6 is 22.7 Å². The summed E-state index contributed by atoms with van der Waals surface area (Å²) < 4.78 is 6.34. The Bertz CT molecular complexity index is 1150. The number of methoxy groups -OCH3 is 1. The summed E-state index contributed by atoms with van der Waals surface area (Å²) in [5.74, 6) is 0.624. The van der Waals surface area contributed by atoms with Crippen LogP contribution in [0.1, 0.15) is 0 Å². The molecule has 0 saturated heterocycles. The van der Waals surface area contributed by atoms with Crippen molar-refractivity contribution >= 4 is 44.6 Å². The predicted molar refractivity (Wildman–Crippen MR) is 107 cm³/mol. The molecule has 0 aliphatic heterocycles. The Balaban J connectivity index is 1.60. The van der Waals surface area contributed by atoms with Gasteiger partial charge in [-0.1, -0.05) is 6.07 Å². The smallest absolute Gasteiger partial charge is 0.263 e. The number of nitrogens with one attached hydrogen (secondary N) is 1. The molecule has 4 rings (SSSR count). The first-order chi connectivity index (χ1) is 13.2. The van der Waals surface area contributed by atoms with Crippen LogP contribution in [-0.4, -0.2) is 27.6 Å². The van der Waals surface area contributed by atoms with E-state index < -0.39 is 0 Å². The van der Waals surface area contributed by atoms with E-state index in [0.717, 1.165) is 10.4 Å². The normalized spacial score (nSPS) is 10.9. The maximum Gasteiger partial charge on any atom is 0.263 e. The molecular weight excluding hydrogens is 384 g/mol. The third kappa shape index (κ3) is 3.46. The minimum atomic E-state index is -0.358. The van der Waals surface area contributed by atoms with Crippen molar-refractivity contribution in [1.29, 1.82) is 0 Å². The number of anilines is 1. The number of nitrogens with zero attached hydrogens (tertiary/aromatic N) is 3. The van der Waals surface area contributed by atoms with Crippen LogP contribution in [0, 0.1) is 0 Å². The van der Waals surface area contributed by atoms with Crippen LogP contribution in [-0.2, 0) is 11.3 Å². The maximum atomic E-state index is 12.9. The number of amides is 1. The second-order valence-corrected chi connectivity index (χ2v) is 7.42. The van der Waals surface area contributed by atoms with Crippen molar-refractivity contribution in [2.45, 2.75) is 6.54 Å². The third-order valence-electron chi connectivity index (χ3n) is 3.90. The molecule has 0 fully saturated rings. The number of ether oxygens (including phenoxy) is 1. The summed E-state index contributed by atoms with van der Waals surface area (Å²) in [4.78, 5) is 35.3. The number of carbonyl (C=O) groups is 1. The summed E-state index contributed by atoms with van der Waals surface area (Å²) in [6.45, 7) is -0.144. The van der Waals surface area contributed by atoms with Gasteiger partial charge in [-0.05, 0) is 23.6 Å². The SMILES string of the molecule is COc1ccc(NC(=O)Cn2cnc3scc(-c4cccs4)c3c2=O)nc1. The number of aromatic nitrogens is 3. The van der Waals surface area contributed by atoms with E-state index in [1.165, 1.54) is 28.4 Å². The highest BCUT2D eigenvalue weighted by Crippen LogP contribution is 2.33. The van der Waals surface area contributed by atoms with Gasteiger partial charge in [-0.15, -0.1) is 22.7 Å². The van der Waals surface area contributed by atoms with Crippen LogP contribution in [0.5, 0.6) is 5.75 Å². The molecule has 0 radical (unpaired) electrons. The molecule has 0 unspecified atom stereocenters. The van der Waals surface area contributed by atoms with Gasteiger partial charge in [-0.25, -0.2) is 9.97 Å². The molecular formula is C18H14N4O3S2. The molecule has 0 spiro atoms. The Kier molecular flexibility index (Phi) is 4.69. The van der Waals surface area contributed by atoms with Gasteiger partial charge in [0.15, 0.2) is 0 Å². The maximum absolute atomic E-state index is 12.9.